The van der Waals surface area contributed by atoms with E-state index in [1.54, 1.807) is 31.4 Å². The van der Waals surface area contributed by atoms with Gasteiger partial charge in [-0.25, -0.2) is 13.1 Å². The molecule has 0 radical (unpaired) electrons. The molecule has 1 saturated heterocycles. The quantitative estimate of drug-likeness (QED) is 0.828. The van der Waals surface area contributed by atoms with Gasteiger partial charge in [0.2, 0.25) is 10.0 Å². The molecule has 1 unspecified atom stereocenters. The normalized spacial score (nSPS) is 18.1. The van der Waals surface area contributed by atoms with Crippen molar-refractivity contribution in [2.24, 2.45) is 5.92 Å². The Morgan fingerprint density at radius 1 is 1.13 bits per heavy atom. The van der Waals surface area contributed by atoms with Gasteiger partial charge in [0.05, 0.1) is 12.0 Å². The summed E-state index contributed by atoms with van der Waals surface area (Å²) in [6.07, 6.45) is 3.68. The molecule has 23 heavy (non-hydrogen) atoms. The molecule has 0 bridgehead atoms. The summed E-state index contributed by atoms with van der Waals surface area (Å²) in [6, 6.07) is 6.72. The fourth-order valence-corrected chi connectivity index (χ4v) is 4.12. The number of nitrogens with zero attached hydrogens (tertiary/aromatic N) is 1. The van der Waals surface area contributed by atoms with Crippen LogP contribution in [0.3, 0.4) is 0 Å². The minimum Gasteiger partial charge on any atom is -0.497 e. The maximum Gasteiger partial charge on any atom is 0.240 e. The van der Waals surface area contributed by atoms with Gasteiger partial charge in [0, 0.05) is 12.6 Å². The molecule has 0 aromatic heterocycles. The topological polar surface area (TPSA) is 58.6 Å². The molecule has 1 heterocycles. The first-order valence-corrected chi connectivity index (χ1v) is 9.80. The Morgan fingerprint density at radius 2 is 1.74 bits per heavy atom. The average molecular weight is 340 g/mol. The van der Waals surface area contributed by atoms with Crippen molar-refractivity contribution in [1.29, 1.82) is 0 Å². The van der Waals surface area contributed by atoms with Gasteiger partial charge >= 0.3 is 0 Å². The van der Waals surface area contributed by atoms with Crippen molar-refractivity contribution in [3.8, 4) is 5.75 Å². The zero-order chi connectivity index (χ0) is 16.9. The van der Waals surface area contributed by atoms with E-state index in [1.165, 1.54) is 19.3 Å². The lowest BCUT2D eigenvalue weighted by Crippen LogP contribution is -2.48. The van der Waals surface area contributed by atoms with Gasteiger partial charge in [-0.1, -0.05) is 20.3 Å². The Labute approximate surface area is 140 Å². The van der Waals surface area contributed by atoms with Gasteiger partial charge in [-0.3, -0.25) is 4.90 Å². The summed E-state index contributed by atoms with van der Waals surface area (Å²) < 4.78 is 32.8. The molecule has 5 nitrogen and oxygen atoms in total. The van der Waals surface area contributed by atoms with E-state index in [0.717, 1.165) is 13.1 Å². The van der Waals surface area contributed by atoms with Crippen LogP contribution in [-0.2, 0) is 10.0 Å². The van der Waals surface area contributed by atoms with E-state index in [1.807, 2.05) is 0 Å². The third-order valence-corrected chi connectivity index (χ3v) is 5.92. The van der Waals surface area contributed by atoms with Gasteiger partial charge in [0.15, 0.2) is 0 Å². The van der Waals surface area contributed by atoms with E-state index >= 15 is 0 Å². The van der Waals surface area contributed by atoms with Crippen LogP contribution in [0.4, 0.5) is 0 Å². The molecule has 1 atom stereocenters. The van der Waals surface area contributed by atoms with Gasteiger partial charge < -0.3 is 4.74 Å². The molecule has 0 saturated carbocycles. The molecule has 130 valence electrons. The molecular weight excluding hydrogens is 312 g/mol. The van der Waals surface area contributed by atoms with Gasteiger partial charge in [-0.2, -0.15) is 0 Å². The minimum absolute atomic E-state index is 0.239. The fourth-order valence-electron chi connectivity index (χ4n) is 3.07. The van der Waals surface area contributed by atoms with Crippen LogP contribution in [0.1, 0.15) is 33.1 Å². The van der Waals surface area contributed by atoms with E-state index in [0.29, 0.717) is 18.2 Å². The van der Waals surface area contributed by atoms with Crippen LogP contribution < -0.4 is 9.46 Å². The maximum atomic E-state index is 12.5. The van der Waals surface area contributed by atoms with Gasteiger partial charge in [0.1, 0.15) is 5.75 Å². The van der Waals surface area contributed by atoms with E-state index in [-0.39, 0.29) is 10.9 Å². The molecule has 1 aromatic carbocycles. The van der Waals surface area contributed by atoms with Gasteiger partial charge in [-0.05, 0) is 56.1 Å². The number of nitrogens with one attached hydrogen (secondary N) is 1. The first kappa shape index (κ1) is 18.2. The molecule has 1 fully saturated rings. The third-order valence-electron chi connectivity index (χ3n) is 4.48. The fraction of sp³-hybridized carbons (Fsp3) is 0.647. The molecule has 6 heteroatoms. The minimum atomic E-state index is -3.48. The lowest BCUT2D eigenvalue weighted by molar-refractivity contribution is 0.130. The van der Waals surface area contributed by atoms with Gasteiger partial charge in [-0.15, -0.1) is 0 Å². The third kappa shape index (κ3) is 4.93. The second kappa shape index (κ2) is 8.13. The zero-order valence-corrected chi connectivity index (χ0v) is 15.1. The molecule has 1 aliphatic heterocycles. The highest BCUT2D eigenvalue weighted by Crippen LogP contribution is 2.19. The Kier molecular flexibility index (Phi) is 6.44. The largest absolute Gasteiger partial charge is 0.497 e. The van der Waals surface area contributed by atoms with Crippen molar-refractivity contribution in [3.05, 3.63) is 24.3 Å². The number of methoxy groups -OCH3 is 1. The SMILES string of the molecule is COc1ccc(S(=O)(=O)NCC(C(C)C)N2CCCCC2)cc1. The number of hydrogen-bond donors (Lipinski definition) is 1. The molecular formula is C17H28N2O3S. The Bertz CT molecular complexity index is 578. The summed E-state index contributed by atoms with van der Waals surface area (Å²) >= 11 is 0. The highest BCUT2D eigenvalue weighted by atomic mass is 32.2. The number of benzene rings is 1. The van der Waals surface area contributed by atoms with E-state index in [2.05, 4.69) is 23.5 Å². The lowest BCUT2D eigenvalue weighted by Gasteiger charge is -2.37. The van der Waals surface area contributed by atoms with Crippen LogP contribution in [0.2, 0.25) is 0 Å². The molecule has 0 amide bonds. The smallest absolute Gasteiger partial charge is 0.240 e. The number of likely N-dealkylation sites (tertiary alicyclic amines) is 1. The molecule has 2 rings (SSSR count). The maximum absolute atomic E-state index is 12.5. The molecule has 0 aliphatic carbocycles. The van der Waals surface area contributed by atoms with E-state index in [4.69, 9.17) is 4.74 Å². The predicted octanol–water partition coefficient (Wildman–Crippen LogP) is 2.48. The Balaban J connectivity index is 2.02. The van der Waals surface area contributed by atoms with Crippen molar-refractivity contribution in [3.63, 3.8) is 0 Å². The highest BCUT2D eigenvalue weighted by molar-refractivity contribution is 7.89. The van der Waals surface area contributed by atoms with E-state index < -0.39 is 10.0 Å². The first-order chi connectivity index (χ1) is 10.9. The van der Waals surface area contributed by atoms with Crippen LogP contribution in [0, 0.1) is 5.92 Å². The summed E-state index contributed by atoms with van der Waals surface area (Å²) in [6.45, 7) is 6.88. The van der Waals surface area contributed by atoms with Crippen molar-refractivity contribution < 1.29 is 13.2 Å². The van der Waals surface area contributed by atoms with Crippen LogP contribution in [0.5, 0.6) is 5.75 Å². The first-order valence-electron chi connectivity index (χ1n) is 8.32. The molecule has 1 aliphatic rings. The second-order valence-electron chi connectivity index (χ2n) is 6.44. The van der Waals surface area contributed by atoms with Crippen LogP contribution in [0.15, 0.2) is 29.2 Å². The average Bonchev–Trinajstić information content (AvgIpc) is 2.55. The molecule has 1 aromatic rings. The van der Waals surface area contributed by atoms with Crippen molar-refractivity contribution in [2.75, 3.05) is 26.7 Å². The monoisotopic (exact) mass is 340 g/mol. The predicted molar refractivity (Wildman–Crippen MR) is 92.2 cm³/mol. The number of ether oxygens (including phenoxy) is 1. The lowest BCUT2D eigenvalue weighted by atomic mass is 9.99. The Hall–Kier alpha value is -1.11. The summed E-state index contributed by atoms with van der Waals surface area (Å²) in [7, 11) is -1.92. The van der Waals surface area contributed by atoms with Crippen molar-refractivity contribution in [1.82, 2.24) is 9.62 Å². The number of piperidine rings is 1. The summed E-state index contributed by atoms with van der Waals surface area (Å²) in [4.78, 5) is 2.70. The van der Waals surface area contributed by atoms with Crippen LogP contribution in [0.25, 0.3) is 0 Å². The van der Waals surface area contributed by atoms with Gasteiger partial charge in [0.25, 0.3) is 0 Å². The summed E-state index contributed by atoms with van der Waals surface area (Å²) in [5.74, 6) is 1.06. The van der Waals surface area contributed by atoms with Crippen LogP contribution >= 0.6 is 0 Å². The summed E-state index contributed by atoms with van der Waals surface area (Å²) in [5.41, 5.74) is 0. The van der Waals surface area contributed by atoms with Crippen molar-refractivity contribution in [2.45, 2.75) is 44.0 Å². The number of rotatable bonds is 7. The molecule has 1 N–H and O–H groups in total. The molecule has 0 spiro atoms. The number of hydrogen-bond acceptors (Lipinski definition) is 4. The number of sulfonamides is 1. The van der Waals surface area contributed by atoms with Crippen LogP contribution in [-0.4, -0.2) is 46.1 Å². The summed E-state index contributed by atoms with van der Waals surface area (Å²) in [5, 5.41) is 0. The highest BCUT2D eigenvalue weighted by Gasteiger charge is 2.25. The van der Waals surface area contributed by atoms with E-state index in [9.17, 15) is 8.42 Å². The van der Waals surface area contributed by atoms with Crippen molar-refractivity contribution >= 4 is 10.0 Å². The second-order valence-corrected chi connectivity index (χ2v) is 8.20. The standard InChI is InChI=1S/C17H28N2O3S/c1-14(2)17(19-11-5-4-6-12-19)13-18-23(20,21)16-9-7-15(22-3)8-10-16/h7-10,14,17-18H,4-6,11-13H2,1-3H3. The zero-order valence-electron chi connectivity index (χ0n) is 14.3. The Morgan fingerprint density at radius 3 is 2.26 bits per heavy atom.